The highest BCUT2D eigenvalue weighted by Crippen LogP contribution is 2.35. The first kappa shape index (κ1) is 20.7. The monoisotopic (exact) mass is 338 g/mol. The van der Waals surface area contributed by atoms with Crippen molar-refractivity contribution in [3.05, 3.63) is 12.7 Å². The van der Waals surface area contributed by atoms with Crippen molar-refractivity contribution in [2.45, 2.75) is 84.8 Å². The lowest BCUT2D eigenvalue weighted by molar-refractivity contribution is -0.156. The van der Waals surface area contributed by atoms with Crippen LogP contribution in [0.1, 0.15) is 72.6 Å². The van der Waals surface area contributed by atoms with Gasteiger partial charge in [-0.2, -0.15) is 0 Å². The largest absolute Gasteiger partial charge is 0.462 e. The Morgan fingerprint density at radius 3 is 2.46 bits per heavy atom. The Balaban J connectivity index is 2.32. The quantitative estimate of drug-likeness (QED) is 0.453. The van der Waals surface area contributed by atoms with Gasteiger partial charge in [-0.05, 0) is 43.9 Å². The zero-order valence-corrected chi connectivity index (χ0v) is 15.8. The van der Waals surface area contributed by atoms with Crippen LogP contribution in [-0.2, 0) is 19.1 Å². The molecular formula is C20H34O4. The minimum absolute atomic E-state index is 0.0285. The zero-order chi connectivity index (χ0) is 18.1. The molecule has 138 valence electrons. The molecule has 0 amide bonds. The summed E-state index contributed by atoms with van der Waals surface area (Å²) in [6.45, 7) is 12.1. The third-order valence-electron chi connectivity index (χ3n) is 4.84. The van der Waals surface area contributed by atoms with Crippen LogP contribution in [0.5, 0.6) is 0 Å². The minimum Gasteiger partial charge on any atom is -0.462 e. The Hall–Kier alpha value is -1.32. The smallest absolute Gasteiger partial charge is 0.306 e. The summed E-state index contributed by atoms with van der Waals surface area (Å²) < 4.78 is 11.0. The molecule has 0 radical (unpaired) electrons. The maximum absolute atomic E-state index is 12.1. The second kappa shape index (κ2) is 10.5. The van der Waals surface area contributed by atoms with Crippen molar-refractivity contribution in [2.75, 3.05) is 0 Å². The molecule has 3 unspecified atom stereocenters. The van der Waals surface area contributed by atoms with Gasteiger partial charge in [0.1, 0.15) is 12.2 Å². The maximum Gasteiger partial charge on any atom is 0.306 e. The topological polar surface area (TPSA) is 52.6 Å². The van der Waals surface area contributed by atoms with E-state index in [0.29, 0.717) is 30.6 Å². The standard InChI is InChI=1S/C20H34O4/c1-6-8-16(5)23-19(21)9-7-10-20(22)24-18-13-15(4)11-12-17(18)14(2)3/h6,14-18H,1,7-13H2,2-5H3/t15?,16?,17-,18?/m0/s1. The number of hydrogen-bond acceptors (Lipinski definition) is 4. The molecule has 4 nitrogen and oxygen atoms in total. The van der Waals surface area contributed by atoms with Gasteiger partial charge < -0.3 is 9.47 Å². The van der Waals surface area contributed by atoms with Gasteiger partial charge in [-0.15, -0.1) is 6.58 Å². The van der Waals surface area contributed by atoms with Gasteiger partial charge in [-0.25, -0.2) is 0 Å². The highest BCUT2D eigenvalue weighted by molar-refractivity contribution is 5.72. The van der Waals surface area contributed by atoms with Crippen LogP contribution in [-0.4, -0.2) is 24.1 Å². The number of carbonyl (C=O) groups is 2. The molecule has 0 saturated heterocycles. The van der Waals surface area contributed by atoms with Gasteiger partial charge in [0.2, 0.25) is 0 Å². The summed E-state index contributed by atoms with van der Waals surface area (Å²) in [7, 11) is 0. The van der Waals surface area contributed by atoms with E-state index in [-0.39, 0.29) is 37.0 Å². The van der Waals surface area contributed by atoms with Crippen molar-refractivity contribution in [1.29, 1.82) is 0 Å². The van der Waals surface area contributed by atoms with Gasteiger partial charge in [0.15, 0.2) is 0 Å². The van der Waals surface area contributed by atoms with Crippen LogP contribution in [0.3, 0.4) is 0 Å². The van der Waals surface area contributed by atoms with E-state index in [0.717, 1.165) is 12.8 Å². The Labute approximate surface area is 147 Å². The van der Waals surface area contributed by atoms with Crippen LogP contribution in [0.4, 0.5) is 0 Å². The fourth-order valence-electron chi connectivity index (χ4n) is 3.42. The summed E-state index contributed by atoms with van der Waals surface area (Å²) in [4.78, 5) is 23.8. The molecule has 4 atom stereocenters. The summed E-state index contributed by atoms with van der Waals surface area (Å²) in [6, 6.07) is 0. The van der Waals surface area contributed by atoms with E-state index < -0.39 is 0 Å². The molecule has 0 bridgehead atoms. The average molecular weight is 338 g/mol. The Bertz CT molecular complexity index is 416. The van der Waals surface area contributed by atoms with E-state index in [1.807, 2.05) is 6.92 Å². The first-order valence-electron chi connectivity index (χ1n) is 9.33. The molecule has 0 aromatic carbocycles. The summed E-state index contributed by atoms with van der Waals surface area (Å²) >= 11 is 0. The molecular weight excluding hydrogens is 304 g/mol. The Kier molecular flexibility index (Phi) is 9.09. The molecule has 0 aromatic heterocycles. The van der Waals surface area contributed by atoms with Crippen LogP contribution in [0, 0.1) is 17.8 Å². The van der Waals surface area contributed by atoms with Crippen LogP contribution in [0.15, 0.2) is 12.7 Å². The highest BCUT2D eigenvalue weighted by Gasteiger charge is 2.33. The fraction of sp³-hybridized carbons (Fsp3) is 0.800. The van der Waals surface area contributed by atoms with Gasteiger partial charge in [0.25, 0.3) is 0 Å². The summed E-state index contributed by atoms with van der Waals surface area (Å²) in [5.74, 6) is 1.14. The Morgan fingerprint density at radius 2 is 1.83 bits per heavy atom. The van der Waals surface area contributed by atoms with Gasteiger partial charge in [-0.3, -0.25) is 9.59 Å². The molecule has 4 heteroatoms. The lowest BCUT2D eigenvalue weighted by Crippen LogP contribution is -2.35. The van der Waals surface area contributed by atoms with E-state index >= 15 is 0 Å². The summed E-state index contributed by atoms with van der Waals surface area (Å²) in [5.41, 5.74) is 0. The fourth-order valence-corrected chi connectivity index (χ4v) is 3.42. The molecule has 1 rings (SSSR count). The first-order chi connectivity index (χ1) is 11.3. The third kappa shape index (κ3) is 7.50. The SMILES string of the molecule is C=CCC(C)OC(=O)CCCC(=O)OC1CC(C)CC[C@H]1C(C)C. The van der Waals surface area contributed by atoms with Crippen molar-refractivity contribution in [3.8, 4) is 0 Å². The molecule has 1 fully saturated rings. The average Bonchev–Trinajstić information content (AvgIpc) is 2.46. The van der Waals surface area contributed by atoms with E-state index in [2.05, 4.69) is 27.4 Å². The number of esters is 2. The molecule has 0 aliphatic heterocycles. The molecule has 1 aliphatic rings. The molecule has 24 heavy (non-hydrogen) atoms. The maximum atomic E-state index is 12.1. The molecule has 1 aliphatic carbocycles. The number of ether oxygens (including phenoxy) is 2. The van der Waals surface area contributed by atoms with Crippen molar-refractivity contribution in [1.82, 2.24) is 0 Å². The van der Waals surface area contributed by atoms with Crippen LogP contribution >= 0.6 is 0 Å². The highest BCUT2D eigenvalue weighted by atomic mass is 16.5. The minimum atomic E-state index is -0.261. The summed E-state index contributed by atoms with van der Waals surface area (Å²) in [5, 5.41) is 0. The van der Waals surface area contributed by atoms with Gasteiger partial charge >= 0.3 is 11.9 Å². The van der Waals surface area contributed by atoms with Gasteiger partial charge in [0, 0.05) is 19.3 Å². The van der Waals surface area contributed by atoms with E-state index in [1.165, 1.54) is 6.42 Å². The van der Waals surface area contributed by atoms with Gasteiger partial charge in [0.05, 0.1) is 0 Å². The van der Waals surface area contributed by atoms with Crippen molar-refractivity contribution < 1.29 is 19.1 Å². The third-order valence-corrected chi connectivity index (χ3v) is 4.84. The van der Waals surface area contributed by atoms with E-state index in [1.54, 1.807) is 6.08 Å². The second-order valence-corrected chi connectivity index (χ2v) is 7.53. The lowest BCUT2D eigenvalue weighted by atomic mass is 9.75. The zero-order valence-electron chi connectivity index (χ0n) is 15.8. The molecule has 0 aromatic rings. The van der Waals surface area contributed by atoms with Crippen LogP contribution in [0.2, 0.25) is 0 Å². The number of carbonyl (C=O) groups excluding carboxylic acids is 2. The lowest BCUT2D eigenvalue weighted by Gasteiger charge is -2.36. The number of rotatable bonds is 9. The van der Waals surface area contributed by atoms with Crippen LogP contribution in [0.25, 0.3) is 0 Å². The van der Waals surface area contributed by atoms with E-state index in [9.17, 15) is 9.59 Å². The van der Waals surface area contributed by atoms with E-state index in [4.69, 9.17) is 9.47 Å². The van der Waals surface area contributed by atoms with Crippen molar-refractivity contribution >= 4 is 11.9 Å². The molecule has 1 saturated carbocycles. The van der Waals surface area contributed by atoms with Crippen LogP contribution < -0.4 is 0 Å². The summed E-state index contributed by atoms with van der Waals surface area (Å²) in [6.07, 6.45) is 6.55. The van der Waals surface area contributed by atoms with Crippen molar-refractivity contribution in [2.24, 2.45) is 17.8 Å². The van der Waals surface area contributed by atoms with Gasteiger partial charge in [-0.1, -0.05) is 33.3 Å². The van der Waals surface area contributed by atoms with Crippen molar-refractivity contribution in [3.63, 3.8) is 0 Å². The predicted molar refractivity (Wildman–Crippen MR) is 95.4 cm³/mol. The normalized spacial score (nSPS) is 25.1. The molecule has 0 spiro atoms. The predicted octanol–water partition coefficient (Wildman–Crippen LogP) is 4.67. The second-order valence-electron chi connectivity index (χ2n) is 7.53. The molecule has 0 heterocycles. The number of hydrogen-bond donors (Lipinski definition) is 0. The first-order valence-corrected chi connectivity index (χ1v) is 9.33. The molecule has 0 N–H and O–H groups in total. The Morgan fingerprint density at radius 1 is 1.17 bits per heavy atom.